The van der Waals surface area contributed by atoms with Gasteiger partial charge in [0.1, 0.15) is 0 Å². The summed E-state index contributed by atoms with van der Waals surface area (Å²) in [6, 6.07) is -0.165. The summed E-state index contributed by atoms with van der Waals surface area (Å²) in [5.41, 5.74) is 2.40. The van der Waals surface area contributed by atoms with E-state index >= 15 is 0 Å². The maximum atomic E-state index is 12.0. The Morgan fingerprint density at radius 3 is 2.83 bits per heavy atom. The average molecular weight is 256 g/mol. The van der Waals surface area contributed by atoms with Crippen LogP contribution in [0.3, 0.4) is 0 Å². The molecule has 5 nitrogen and oxygen atoms in total. The fraction of sp³-hybridized carbons (Fsp3) is 0.923. The van der Waals surface area contributed by atoms with Crippen molar-refractivity contribution in [2.24, 2.45) is 5.41 Å². The summed E-state index contributed by atoms with van der Waals surface area (Å²) in [4.78, 5) is 19.1. The standard InChI is InChI=1S/C13H24N2O3/c1-13(10-16)7-4-8-15(9-13)12(17)14-18-11-5-2-3-6-11/h11,16H,2-10H2,1H3,(H,14,17). The molecule has 104 valence electrons. The summed E-state index contributed by atoms with van der Waals surface area (Å²) in [7, 11) is 0. The SMILES string of the molecule is CC1(CO)CCCN(C(=O)NOC2CCCC2)C1. The van der Waals surface area contributed by atoms with Crippen molar-refractivity contribution in [3.63, 3.8) is 0 Å². The van der Waals surface area contributed by atoms with Crippen LogP contribution in [0.2, 0.25) is 0 Å². The Labute approximate surface area is 108 Å². The van der Waals surface area contributed by atoms with Gasteiger partial charge in [-0.1, -0.05) is 19.8 Å². The van der Waals surface area contributed by atoms with Gasteiger partial charge in [-0.25, -0.2) is 10.3 Å². The lowest BCUT2D eigenvalue weighted by molar-refractivity contribution is -0.0168. The van der Waals surface area contributed by atoms with E-state index in [2.05, 4.69) is 5.48 Å². The number of hydroxylamine groups is 1. The maximum absolute atomic E-state index is 12.0. The first-order valence-corrected chi connectivity index (χ1v) is 6.94. The summed E-state index contributed by atoms with van der Waals surface area (Å²) in [5.74, 6) is 0. The number of urea groups is 1. The number of amides is 2. The van der Waals surface area contributed by atoms with Crippen molar-refractivity contribution in [2.75, 3.05) is 19.7 Å². The van der Waals surface area contributed by atoms with Gasteiger partial charge in [0.05, 0.1) is 12.7 Å². The summed E-state index contributed by atoms with van der Waals surface area (Å²) >= 11 is 0. The van der Waals surface area contributed by atoms with Crippen LogP contribution in [0, 0.1) is 5.41 Å². The van der Waals surface area contributed by atoms with Crippen molar-refractivity contribution in [2.45, 2.75) is 51.6 Å². The van der Waals surface area contributed by atoms with E-state index in [1.165, 1.54) is 12.8 Å². The van der Waals surface area contributed by atoms with E-state index < -0.39 is 0 Å². The number of hydrogen-bond donors (Lipinski definition) is 2. The zero-order valence-corrected chi connectivity index (χ0v) is 11.2. The summed E-state index contributed by atoms with van der Waals surface area (Å²) in [6.45, 7) is 3.49. The minimum absolute atomic E-state index is 0.125. The lowest BCUT2D eigenvalue weighted by Crippen LogP contribution is -2.50. The number of likely N-dealkylation sites (tertiary alicyclic amines) is 1. The number of carbonyl (C=O) groups excluding carboxylic acids is 1. The van der Waals surface area contributed by atoms with Crippen LogP contribution in [0.25, 0.3) is 0 Å². The molecule has 0 aromatic carbocycles. The van der Waals surface area contributed by atoms with Gasteiger partial charge >= 0.3 is 6.03 Å². The van der Waals surface area contributed by atoms with Crippen molar-refractivity contribution in [3.05, 3.63) is 0 Å². The number of nitrogens with zero attached hydrogens (tertiary/aromatic N) is 1. The highest BCUT2D eigenvalue weighted by Gasteiger charge is 2.32. The fourth-order valence-corrected chi connectivity index (χ4v) is 2.82. The van der Waals surface area contributed by atoms with E-state index in [1.54, 1.807) is 4.90 Å². The first kappa shape index (κ1) is 13.6. The Hall–Kier alpha value is -0.810. The first-order valence-electron chi connectivity index (χ1n) is 6.94. The van der Waals surface area contributed by atoms with Gasteiger partial charge in [0.25, 0.3) is 0 Å². The molecule has 1 atom stereocenters. The van der Waals surface area contributed by atoms with E-state index in [0.29, 0.717) is 6.54 Å². The van der Waals surface area contributed by atoms with Crippen LogP contribution < -0.4 is 5.48 Å². The fourth-order valence-electron chi connectivity index (χ4n) is 2.82. The predicted molar refractivity (Wildman–Crippen MR) is 67.9 cm³/mol. The molecule has 1 aliphatic carbocycles. The Morgan fingerprint density at radius 2 is 2.17 bits per heavy atom. The third kappa shape index (κ3) is 3.36. The quantitative estimate of drug-likeness (QED) is 0.755. The third-order valence-electron chi connectivity index (χ3n) is 4.06. The third-order valence-corrected chi connectivity index (χ3v) is 4.06. The summed E-state index contributed by atoms with van der Waals surface area (Å²) in [5, 5.41) is 9.36. The Balaban J connectivity index is 1.77. The Kier molecular flexibility index (Phi) is 4.45. The molecule has 1 unspecified atom stereocenters. The van der Waals surface area contributed by atoms with Crippen LogP contribution in [0.5, 0.6) is 0 Å². The van der Waals surface area contributed by atoms with Gasteiger partial charge < -0.3 is 10.0 Å². The average Bonchev–Trinajstić information content (AvgIpc) is 2.89. The highest BCUT2D eigenvalue weighted by molar-refractivity contribution is 5.73. The molecule has 2 aliphatic rings. The van der Waals surface area contributed by atoms with Gasteiger partial charge in [0.2, 0.25) is 0 Å². The topological polar surface area (TPSA) is 61.8 Å². The number of aliphatic hydroxyl groups is 1. The molecule has 1 saturated carbocycles. The van der Waals surface area contributed by atoms with Gasteiger partial charge in [-0.2, -0.15) is 0 Å². The van der Waals surface area contributed by atoms with Crippen LogP contribution in [0.1, 0.15) is 45.4 Å². The molecule has 1 saturated heterocycles. The molecule has 0 aromatic heterocycles. The molecule has 0 radical (unpaired) electrons. The smallest absolute Gasteiger partial charge is 0.341 e. The molecule has 0 aromatic rings. The molecule has 5 heteroatoms. The van der Waals surface area contributed by atoms with Crippen molar-refractivity contribution < 1.29 is 14.7 Å². The van der Waals surface area contributed by atoms with Gasteiger partial charge in [0.15, 0.2) is 0 Å². The molecule has 0 spiro atoms. The van der Waals surface area contributed by atoms with Crippen LogP contribution in [-0.4, -0.2) is 41.8 Å². The van der Waals surface area contributed by atoms with E-state index in [1.807, 2.05) is 6.92 Å². The summed E-state index contributed by atoms with van der Waals surface area (Å²) in [6.07, 6.45) is 6.54. The minimum Gasteiger partial charge on any atom is -0.396 e. The molecule has 0 bridgehead atoms. The largest absolute Gasteiger partial charge is 0.396 e. The number of carbonyl (C=O) groups is 1. The molecule has 1 heterocycles. The zero-order chi connectivity index (χ0) is 13.0. The van der Waals surface area contributed by atoms with Crippen LogP contribution in [0.4, 0.5) is 4.79 Å². The van der Waals surface area contributed by atoms with E-state index in [4.69, 9.17) is 4.84 Å². The van der Waals surface area contributed by atoms with E-state index in [0.717, 1.165) is 32.2 Å². The molecular formula is C13H24N2O3. The molecule has 2 amide bonds. The second kappa shape index (κ2) is 5.89. The lowest BCUT2D eigenvalue weighted by atomic mass is 9.83. The number of hydrogen-bond acceptors (Lipinski definition) is 3. The van der Waals surface area contributed by atoms with Gasteiger partial charge in [0, 0.05) is 18.5 Å². The number of rotatable bonds is 3. The molecular weight excluding hydrogens is 232 g/mol. The van der Waals surface area contributed by atoms with Crippen molar-refractivity contribution >= 4 is 6.03 Å². The molecule has 2 fully saturated rings. The number of piperidine rings is 1. The highest BCUT2D eigenvalue weighted by Crippen LogP contribution is 2.28. The van der Waals surface area contributed by atoms with E-state index in [9.17, 15) is 9.90 Å². The second-order valence-corrected chi connectivity index (χ2v) is 5.93. The summed E-state index contributed by atoms with van der Waals surface area (Å²) < 4.78 is 0. The lowest BCUT2D eigenvalue weighted by Gasteiger charge is -2.39. The van der Waals surface area contributed by atoms with Crippen LogP contribution >= 0.6 is 0 Å². The van der Waals surface area contributed by atoms with Gasteiger partial charge in [-0.3, -0.25) is 4.84 Å². The van der Waals surface area contributed by atoms with Crippen molar-refractivity contribution in [3.8, 4) is 0 Å². The van der Waals surface area contributed by atoms with Gasteiger partial charge in [-0.15, -0.1) is 0 Å². The van der Waals surface area contributed by atoms with E-state index in [-0.39, 0.29) is 24.2 Å². The predicted octanol–water partition coefficient (Wildman–Crippen LogP) is 1.66. The van der Waals surface area contributed by atoms with Crippen LogP contribution in [0.15, 0.2) is 0 Å². The number of nitrogens with one attached hydrogen (secondary N) is 1. The minimum atomic E-state index is -0.165. The van der Waals surface area contributed by atoms with Gasteiger partial charge in [-0.05, 0) is 25.7 Å². The Bertz CT molecular complexity index is 292. The number of aliphatic hydroxyl groups excluding tert-OH is 1. The van der Waals surface area contributed by atoms with Crippen molar-refractivity contribution in [1.29, 1.82) is 0 Å². The molecule has 18 heavy (non-hydrogen) atoms. The monoisotopic (exact) mass is 256 g/mol. The van der Waals surface area contributed by atoms with Crippen LogP contribution in [-0.2, 0) is 4.84 Å². The normalized spacial score (nSPS) is 29.6. The molecule has 1 aliphatic heterocycles. The Morgan fingerprint density at radius 1 is 1.44 bits per heavy atom. The van der Waals surface area contributed by atoms with Crippen molar-refractivity contribution in [1.82, 2.24) is 10.4 Å². The molecule has 2 N–H and O–H groups in total. The second-order valence-electron chi connectivity index (χ2n) is 5.93. The molecule has 2 rings (SSSR count). The highest BCUT2D eigenvalue weighted by atomic mass is 16.7. The zero-order valence-electron chi connectivity index (χ0n) is 11.2. The first-order chi connectivity index (χ1) is 8.63. The maximum Gasteiger partial charge on any atom is 0.341 e.